The van der Waals surface area contributed by atoms with Crippen LogP contribution in [-0.4, -0.2) is 86.7 Å². The maximum atomic E-state index is 12.4. The fraction of sp³-hybridized carbons (Fsp3) is 0.556. The van der Waals surface area contributed by atoms with E-state index in [0.29, 0.717) is 50.9 Å². The molecule has 1 atom stereocenters. The Bertz CT molecular complexity index is 734. The summed E-state index contributed by atoms with van der Waals surface area (Å²) in [5.74, 6) is 0.286. The maximum absolute atomic E-state index is 12.4. The molecule has 10 heteroatoms. The average molecular weight is 408 g/mol. The van der Waals surface area contributed by atoms with Crippen molar-refractivity contribution < 1.29 is 23.8 Å². The van der Waals surface area contributed by atoms with Crippen LogP contribution in [0.5, 0.6) is 0 Å². The van der Waals surface area contributed by atoms with Crippen LogP contribution < -0.4 is 5.32 Å². The van der Waals surface area contributed by atoms with Crippen LogP contribution in [0.1, 0.15) is 11.9 Å². The van der Waals surface area contributed by atoms with Crippen LogP contribution in [0.15, 0.2) is 27.8 Å². The lowest BCUT2D eigenvalue weighted by Gasteiger charge is -2.36. The number of hydrogen-bond donors (Lipinski definition) is 1. The molecular formula is C18H24N4O5S. The van der Waals surface area contributed by atoms with E-state index in [2.05, 4.69) is 20.2 Å². The van der Waals surface area contributed by atoms with E-state index in [9.17, 15) is 9.59 Å². The van der Waals surface area contributed by atoms with Crippen LogP contribution in [0.4, 0.5) is 0 Å². The number of hydrogen-bond acceptors (Lipinski definition) is 10. The molecule has 2 aliphatic rings. The number of aliphatic imine (C=N–C) groups is 1. The number of ether oxygens (including phenoxy) is 3. The van der Waals surface area contributed by atoms with Crippen molar-refractivity contribution in [3.63, 3.8) is 0 Å². The zero-order valence-electron chi connectivity index (χ0n) is 15.8. The van der Waals surface area contributed by atoms with Crippen LogP contribution in [0.3, 0.4) is 0 Å². The van der Waals surface area contributed by atoms with Gasteiger partial charge in [-0.15, -0.1) is 11.3 Å². The first kappa shape index (κ1) is 20.6. The Morgan fingerprint density at radius 3 is 3.18 bits per heavy atom. The molecule has 1 aromatic rings. The molecule has 1 aromatic heterocycles. The Hall–Kier alpha value is -2.14. The lowest BCUT2D eigenvalue weighted by atomic mass is 10.1. The van der Waals surface area contributed by atoms with E-state index in [4.69, 9.17) is 14.2 Å². The van der Waals surface area contributed by atoms with Gasteiger partial charge in [0.2, 0.25) is 0 Å². The van der Waals surface area contributed by atoms with Crippen molar-refractivity contribution in [2.24, 2.45) is 4.99 Å². The van der Waals surface area contributed by atoms with E-state index in [0.717, 1.165) is 17.0 Å². The van der Waals surface area contributed by atoms with Gasteiger partial charge in [0.1, 0.15) is 12.9 Å². The molecule has 0 aromatic carbocycles. The zero-order chi connectivity index (χ0) is 19.8. The number of thiazole rings is 1. The second-order valence-electron chi connectivity index (χ2n) is 6.21. The molecule has 3 heterocycles. The molecule has 1 saturated heterocycles. The molecule has 1 fully saturated rings. The Kier molecular flexibility index (Phi) is 7.66. The highest BCUT2D eigenvalue weighted by atomic mass is 32.1. The van der Waals surface area contributed by atoms with Crippen LogP contribution >= 0.6 is 11.3 Å². The maximum Gasteiger partial charge on any atom is 0.337 e. The Morgan fingerprint density at radius 1 is 1.54 bits per heavy atom. The first-order valence-corrected chi connectivity index (χ1v) is 10.0. The summed E-state index contributed by atoms with van der Waals surface area (Å²) in [6.07, 6.45) is 2.45. The summed E-state index contributed by atoms with van der Waals surface area (Å²) < 4.78 is 16.1. The fourth-order valence-corrected chi connectivity index (χ4v) is 3.62. The number of nitrogens with one attached hydrogen (secondary N) is 1. The molecule has 152 valence electrons. The van der Waals surface area contributed by atoms with Gasteiger partial charge in [-0.3, -0.25) is 9.89 Å². The summed E-state index contributed by atoms with van der Waals surface area (Å²) in [7, 11) is 0. The number of carbonyl (C=O) groups is 2. The number of aromatic nitrogens is 1. The topological polar surface area (TPSA) is 102 Å². The SMILES string of the molecule is CCOC(=O)C1=C(CN2CCOCC2COCC=O)NC(c2nccs2)=NC1. The van der Waals surface area contributed by atoms with Crippen molar-refractivity contribution in [2.75, 3.05) is 52.7 Å². The number of rotatable bonds is 9. The molecule has 2 aliphatic heterocycles. The molecule has 0 saturated carbocycles. The van der Waals surface area contributed by atoms with Crippen molar-refractivity contribution in [3.8, 4) is 0 Å². The minimum atomic E-state index is -0.367. The molecule has 0 aliphatic carbocycles. The van der Waals surface area contributed by atoms with Gasteiger partial charge >= 0.3 is 5.97 Å². The van der Waals surface area contributed by atoms with Gasteiger partial charge in [-0.25, -0.2) is 9.78 Å². The third-order valence-electron chi connectivity index (χ3n) is 4.39. The van der Waals surface area contributed by atoms with Gasteiger partial charge in [0.25, 0.3) is 0 Å². The molecule has 0 amide bonds. The van der Waals surface area contributed by atoms with E-state index in [1.165, 1.54) is 11.3 Å². The summed E-state index contributed by atoms with van der Waals surface area (Å²) in [6.45, 7) is 5.06. The largest absolute Gasteiger partial charge is 0.463 e. The summed E-state index contributed by atoms with van der Waals surface area (Å²) in [4.78, 5) is 33.9. The molecule has 0 spiro atoms. The predicted molar refractivity (Wildman–Crippen MR) is 103 cm³/mol. The summed E-state index contributed by atoms with van der Waals surface area (Å²) in [6, 6.07) is -0.00590. The quantitative estimate of drug-likeness (QED) is 0.352. The monoisotopic (exact) mass is 408 g/mol. The van der Waals surface area contributed by atoms with E-state index in [1.807, 2.05) is 5.38 Å². The highest BCUT2D eigenvalue weighted by Gasteiger charge is 2.29. The number of amidine groups is 1. The first-order chi connectivity index (χ1) is 13.7. The molecule has 0 bridgehead atoms. The molecule has 1 unspecified atom stereocenters. The lowest BCUT2D eigenvalue weighted by molar-refractivity contribution is -0.138. The molecule has 28 heavy (non-hydrogen) atoms. The van der Waals surface area contributed by atoms with Gasteiger partial charge < -0.3 is 24.3 Å². The number of esters is 1. The van der Waals surface area contributed by atoms with Crippen molar-refractivity contribution in [3.05, 3.63) is 27.9 Å². The fourth-order valence-electron chi connectivity index (χ4n) is 3.02. The molecule has 3 rings (SSSR count). The standard InChI is InChI=1S/C18H24N4O5S/c1-2-27-18(24)14-9-20-16(17-19-3-8-28-17)21-15(14)10-22-4-6-25-11-13(22)12-26-7-5-23/h3,5,8,13H,2,4,6-7,9-12H2,1H3,(H,20,21). The van der Waals surface area contributed by atoms with Gasteiger partial charge in [0.05, 0.1) is 44.6 Å². The van der Waals surface area contributed by atoms with Crippen LogP contribution in [-0.2, 0) is 23.8 Å². The van der Waals surface area contributed by atoms with Gasteiger partial charge in [-0.2, -0.15) is 0 Å². The normalized spacial score (nSPS) is 20.5. The van der Waals surface area contributed by atoms with Gasteiger partial charge in [0.15, 0.2) is 10.8 Å². The first-order valence-electron chi connectivity index (χ1n) is 9.16. The Labute approximate surface area is 167 Å². The smallest absolute Gasteiger partial charge is 0.337 e. The highest BCUT2D eigenvalue weighted by molar-refractivity contribution is 7.11. The Morgan fingerprint density at radius 2 is 2.43 bits per heavy atom. The molecule has 0 radical (unpaired) electrons. The predicted octanol–water partition coefficient (Wildman–Crippen LogP) is 0.226. The molecule has 9 nitrogen and oxygen atoms in total. The second-order valence-corrected chi connectivity index (χ2v) is 7.10. The number of morpholine rings is 1. The molecule has 1 N–H and O–H groups in total. The number of nitrogens with zero attached hydrogens (tertiary/aromatic N) is 3. The number of aldehydes is 1. The Balaban J connectivity index is 1.76. The second kappa shape index (κ2) is 10.4. The van der Waals surface area contributed by atoms with Crippen molar-refractivity contribution >= 4 is 29.4 Å². The van der Waals surface area contributed by atoms with Crippen molar-refractivity contribution in [1.82, 2.24) is 15.2 Å². The minimum absolute atomic E-state index is 0.00590. The van der Waals surface area contributed by atoms with E-state index < -0.39 is 0 Å². The highest BCUT2D eigenvalue weighted by Crippen LogP contribution is 2.18. The van der Waals surface area contributed by atoms with Gasteiger partial charge in [-0.05, 0) is 6.92 Å². The van der Waals surface area contributed by atoms with E-state index in [1.54, 1.807) is 13.1 Å². The van der Waals surface area contributed by atoms with Gasteiger partial charge in [0, 0.05) is 30.4 Å². The zero-order valence-corrected chi connectivity index (χ0v) is 16.6. The van der Waals surface area contributed by atoms with E-state index in [-0.39, 0.29) is 25.2 Å². The van der Waals surface area contributed by atoms with Crippen LogP contribution in [0.25, 0.3) is 0 Å². The van der Waals surface area contributed by atoms with Crippen molar-refractivity contribution in [1.29, 1.82) is 0 Å². The third-order valence-corrected chi connectivity index (χ3v) is 5.17. The summed E-state index contributed by atoms with van der Waals surface area (Å²) >= 11 is 1.48. The van der Waals surface area contributed by atoms with Gasteiger partial charge in [-0.1, -0.05) is 0 Å². The summed E-state index contributed by atoms with van der Waals surface area (Å²) in [5.41, 5.74) is 1.27. The van der Waals surface area contributed by atoms with E-state index >= 15 is 0 Å². The average Bonchev–Trinajstić information content (AvgIpc) is 3.24. The third kappa shape index (κ3) is 5.22. The summed E-state index contributed by atoms with van der Waals surface area (Å²) in [5, 5.41) is 5.93. The minimum Gasteiger partial charge on any atom is -0.463 e. The number of carbonyl (C=O) groups excluding carboxylic acids is 2. The lowest BCUT2D eigenvalue weighted by Crippen LogP contribution is -2.50. The van der Waals surface area contributed by atoms with Crippen molar-refractivity contribution in [2.45, 2.75) is 13.0 Å². The molecular weight excluding hydrogens is 384 g/mol. The van der Waals surface area contributed by atoms with Crippen LogP contribution in [0, 0.1) is 0 Å². The van der Waals surface area contributed by atoms with Crippen LogP contribution in [0.2, 0.25) is 0 Å².